The molecule has 2 heterocycles. The summed E-state index contributed by atoms with van der Waals surface area (Å²) in [5, 5.41) is 0. The fraction of sp³-hybridized carbons (Fsp3) is 0.316. The van der Waals surface area contributed by atoms with Gasteiger partial charge in [0.2, 0.25) is 5.91 Å². The number of hydrogen-bond donors (Lipinski definition) is 0. The summed E-state index contributed by atoms with van der Waals surface area (Å²) in [6, 6.07) is 11.0. The van der Waals surface area contributed by atoms with Crippen molar-refractivity contribution >= 4 is 11.8 Å². The minimum atomic E-state index is -0.240. The first kappa shape index (κ1) is 17.0. The number of rotatable bonds is 3. The number of hydrogen-bond acceptors (Lipinski definition) is 4. The molecule has 2 aromatic rings. The molecule has 0 N–H and O–H groups in total. The molecular formula is C19H21N3O3. The molecule has 1 atom stereocenters. The summed E-state index contributed by atoms with van der Waals surface area (Å²) in [7, 11) is 1.75. The van der Waals surface area contributed by atoms with Gasteiger partial charge in [-0.25, -0.2) is 4.98 Å². The van der Waals surface area contributed by atoms with Crippen molar-refractivity contribution in [2.75, 3.05) is 20.1 Å². The van der Waals surface area contributed by atoms with Crippen LogP contribution in [0.4, 0.5) is 0 Å². The van der Waals surface area contributed by atoms with Crippen molar-refractivity contribution in [1.82, 2.24) is 14.8 Å². The van der Waals surface area contributed by atoms with Gasteiger partial charge in [0.05, 0.1) is 6.20 Å². The Labute approximate surface area is 147 Å². The van der Waals surface area contributed by atoms with Crippen molar-refractivity contribution in [3.8, 4) is 11.5 Å². The Balaban J connectivity index is 1.71. The van der Waals surface area contributed by atoms with Crippen molar-refractivity contribution in [2.45, 2.75) is 19.9 Å². The van der Waals surface area contributed by atoms with Crippen LogP contribution in [0.15, 0.2) is 42.6 Å². The van der Waals surface area contributed by atoms with Crippen molar-refractivity contribution in [2.24, 2.45) is 0 Å². The van der Waals surface area contributed by atoms with Crippen molar-refractivity contribution < 1.29 is 14.3 Å². The third kappa shape index (κ3) is 3.63. The molecule has 25 heavy (non-hydrogen) atoms. The third-order valence-electron chi connectivity index (χ3n) is 4.43. The summed E-state index contributed by atoms with van der Waals surface area (Å²) >= 11 is 0. The molecule has 6 nitrogen and oxygen atoms in total. The fourth-order valence-corrected chi connectivity index (χ4v) is 2.71. The van der Waals surface area contributed by atoms with Gasteiger partial charge in [0.1, 0.15) is 23.7 Å². The van der Waals surface area contributed by atoms with Crippen LogP contribution in [0.2, 0.25) is 0 Å². The first-order valence-corrected chi connectivity index (χ1v) is 8.20. The van der Waals surface area contributed by atoms with Crippen LogP contribution in [0.25, 0.3) is 0 Å². The molecule has 0 saturated carbocycles. The Bertz CT molecular complexity index is 789. The van der Waals surface area contributed by atoms with Gasteiger partial charge in [0.25, 0.3) is 5.91 Å². The summed E-state index contributed by atoms with van der Waals surface area (Å²) in [4.78, 5) is 31.9. The van der Waals surface area contributed by atoms with E-state index >= 15 is 0 Å². The molecule has 1 fully saturated rings. The average molecular weight is 339 g/mol. The van der Waals surface area contributed by atoms with E-state index in [-0.39, 0.29) is 24.4 Å². The van der Waals surface area contributed by atoms with E-state index in [9.17, 15) is 9.59 Å². The molecule has 1 saturated heterocycles. The number of benzene rings is 1. The number of para-hydroxylation sites is 1. The molecule has 130 valence electrons. The van der Waals surface area contributed by atoms with Crippen LogP contribution in [0.5, 0.6) is 11.5 Å². The van der Waals surface area contributed by atoms with Crippen molar-refractivity contribution in [3.63, 3.8) is 0 Å². The monoisotopic (exact) mass is 339 g/mol. The van der Waals surface area contributed by atoms with Crippen LogP contribution in [-0.4, -0.2) is 52.8 Å². The quantitative estimate of drug-likeness (QED) is 0.862. The molecule has 0 spiro atoms. The Morgan fingerprint density at radius 1 is 1.24 bits per heavy atom. The summed E-state index contributed by atoms with van der Waals surface area (Å²) in [6.45, 7) is 4.48. The number of pyridine rings is 1. The first-order chi connectivity index (χ1) is 12.0. The van der Waals surface area contributed by atoms with E-state index in [1.54, 1.807) is 24.1 Å². The molecule has 2 amide bonds. The highest BCUT2D eigenvalue weighted by molar-refractivity contribution is 5.95. The summed E-state index contributed by atoms with van der Waals surface area (Å²) < 4.78 is 5.79. The zero-order chi connectivity index (χ0) is 18.0. The summed E-state index contributed by atoms with van der Waals surface area (Å²) in [5.41, 5.74) is 1.33. The Morgan fingerprint density at radius 2 is 2.00 bits per heavy atom. The Morgan fingerprint density at radius 3 is 2.64 bits per heavy atom. The van der Waals surface area contributed by atoms with Crippen LogP contribution in [0.1, 0.15) is 23.0 Å². The second kappa shape index (κ2) is 6.93. The molecule has 1 aromatic heterocycles. The maximum atomic E-state index is 12.6. The second-order valence-electron chi connectivity index (χ2n) is 6.29. The van der Waals surface area contributed by atoms with E-state index in [0.29, 0.717) is 18.0 Å². The number of piperazine rings is 1. The molecule has 1 aliphatic rings. The number of aryl methyl sites for hydroxylation is 1. The predicted octanol–water partition coefficient (Wildman–Crippen LogP) is 2.49. The topological polar surface area (TPSA) is 62.7 Å². The second-order valence-corrected chi connectivity index (χ2v) is 6.29. The molecule has 0 aliphatic carbocycles. The zero-order valence-electron chi connectivity index (χ0n) is 14.6. The molecule has 0 bridgehead atoms. The van der Waals surface area contributed by atoms with Gasteiger partial charge in [-0.3, -0.25) is 9.59 Å². The number of carbonyl (C=O) groups excluding carboxylic acids is 2. The maximum Gasteiger partial charge on any atom is 0.272 e. The number of likely N-dealkylation sites (N-methyl/N-ethyl adjacent to an activating group) is 1. The summed E-state index contributed by atoms with van der Waals surface area (Å²) in [5.74, 6) is 1.01. The van der Waals surface area contributed by atoms with E-state index in [0.717, 1.165) is 11.3 Å². The SMILES string of the molecule is Cc1ccccc1Oc1ccc(C(=O)N2CC(=O)N(C)C(C)C2)nc1. The summed E-state index contributed by atoms with van der Waals surface area (Å²) in [6.07, 6.45) is 1.53. The lowest BCUT2D eigenvalue weighted by molar-refractivity contribution is -0.136. The Kier molecular flexibility index (Phi) is 4.70. The minimum Gasteiger partial charge on any atom is -0.455 e. The number of ether oxygens (including phenoxy) is 1. The van der Waals surface area contributed by atoms with Gasteiger partial charge >= 0.3 is 0 Å². The predicted molar refractivity (Wildman–Crippen MR) is 93.6 cm³/mol. The number of aromatic nitrogens is 1. The highest BCUT2D eigenvalue weighted by Gasteiger charge is 2.30. The van der Waals surface area contributed by atoms with Gasteiger partial charge in [-0.2, -0.15) is 0 Å². The van der Waals surface area contributed by atoms with Gasteiger partial charge in [-0.15, -0.1) is 0 Å². The molecule has 0 radical (unpaired) electrons. The van der Waals surface area contributed by atoms with Crippen molar-refractivity contribution in [1.29, 1.82) is 0 Å². The van der Waals surface area contributed by atoms with Crippen LogP contribution in [-0.2, 0) is 4.79 Å². The van der Waals surface area contributed by atoms with Gasteiger partial charge in [-0.05, 0) is 37.6 Å². The molecule has 1 unspecified atom stereocenters. The van der Waals surface area contributed by atoms with Crippen LogP contribution < -0.4 is 4.74 Å². The normalized spacial score (nSPS) is 17.6. The van der Waals surface area contributed by atoms with Crippen LogP contribution in [0, 0.1) is 6.92 Å². The molecule has 6 heteroatoms. The largest absolute Gasteiger partial charge is 0.455 e. The highest BCUT2D eigenvalue weighted by Crippen LogP contribution is 2.24. The lowest BCUT2D eigenvalue weighted by atomic mass is 10.2. The number of carbonyl (C=O) groups is 2. The van der Waals surface area contributed by atoms with E-state index in [4.69, 9.17) is 4.74 Å². The average Bonchev–Trinajstić information content (AvgIpc) is 2.61. The van der Waals surface area contributed by atoms with E-state index in [1.807, 2.05) is 38.1 Å². The smallest absolute Gasteiger partial charge is 0.272 e. The molecule has 1 aliphatic heterocycles. The van der Waals surface area contributed by atoms with Gasteiger partial charge in [0.15, 0.2) is 0 Å². The molecular weight excluding hydrogens is 318 g/mol. The highest BCUT2D eigenvalue weighted by atomic mass is 16.5. The molecule has 1 aromatic carbocycles. The standard InChI is InChI=1S/C19H21N3O3/c1-13-6-4-5-7-17(13)25-15-8-9-16(20-10-15)19(24)22-11-14(2)21(3)18(23)12-22/h4-10,14H,11-12H2,1-3H3. The Hall–Kier alpha value is -2.89. The fourth-order valence-electron chi connectivity index (χ4n) is 2.71. The van der Waals surface area contributed by atoms with Crippen LogP contribution >= 0.6 is 0 Å². The maximum absolute atomic E-state index is 12.6. The lowest BCUT2D eigenvalue weighted by Crippen LogP contribution is -2.55. The van der Waals surface area contributed by atoms with E-state index in [2.05, 4.69) is 4.98 Å². The van der Waals surface area contributed by atoms with E-state index in [1.165, 1.54) is 11.1 Å². The minimum absolute atomic E-state index is 0.00568. The van der Waals surface area contributed by atoms with E-state index < -0.39 is 0 Å². The van der Waals surface area contributed by atoms with Gasteiger partial charge in [0, 0.05) is 19.6 Å². The van der Waals surface area contributed by atoms with Crippen LogP contribution in [0.3, 0.4) is 0 Å². The third-order valence-corrected chi connectivity index (χ3v) is 4.43. The zero-order valence-corrected chi connectivity index (χ0v) is 14.6. The molecule has 3 rings (SSSR count). The van der Waals surface area contributed by atoms with Gasteiger partial charge < -0.3 is 14.5 Å². The number of amides is 2. The number of nitrogens with zero attached hydrogens (tertiary/aromatic N) is 3. The lowest BCUT2D eigenvalue weighted by Gasteiger charge is -2.37. The van der Waals surface area contributed by atoms with Gasteiger partial charge in [-0.1, -0.05) is 18.2 Å². The van der Waals surface area contributed by atoms with Crippen molar-refractivity contribution in [3.05, 3.63) is 53.9 Å². The first-order valence-electron chi connectivity index (χ1n) is 8.20.